The van der Waals surface area contributed by atoms with Crippen molar-refractivity contribution in [2.45, 2.75) is 101 Å². The first kappa shape index (κ1) is 47.0. The lowest BCUT2D eigenvalue weighted by Gasteiger charge is -2.33. The van der Waals surface area contributed by atoms with E-state index >= 15 is 0 Å². The van der Waals surface area contributed by atoms with Crippen LogP contribution in [0.5, 0.6) is 0 Å². The number of nitrogens with zero attached hydrogens (tertiary/aromatic N) is 3. The Morgan fingerprint density at radius 2 is 1.02 bits per heavy atom. The highest BCUT2D eigenvalue weighted by molar-refractivity contribution is 5.94. The van der Waals surface area contributed by atoms with E-state index in [1.807, 2.05) is 24.3 Å². The summed E-state index contributed by atoms with van der Waals surface area (Å²) in [6.45, 7) is 2.85. The van der Waals surface area contributed by atoms with Crippen LogP contribution in [0, 0.1) is 29.5 Å². The van der Waals surface area contributed by atoms with E-state index in [-0.39, 0.29) is 78.8 Å². The molecule has 5 aliphatic rings. The van der Waals surface area contributed by atoms with Gasteiger partial charge in [0.05, 0.1) is 76.3 Å². The molecule has 5 saturated heterocycles. The van der Waals surface area contributed by atoms with Gasteiger partial charge in [-0.1, -0.05) is 48.5 Å². The maximum absolute atomic E-state index is 14.3. The fourth-order valence-electron chi connectivity index (χ4n) is 11.1. The maximum Gasteiger partial charge on any atom is 0.306 e. The topological polar surface area (TPSA) is 149 Å². The average molecular weight is 908 g/mol. The molecule has 0 saturated carbocycles. The molecule has 5 aliphatic heterocycles. The number of rotatable bonds is 17. The van der Waals surface area contributed by atoms with Crippen LogP contribution in [-0.2, 0) is 60.6 Å². The summed E-state index contributed by atoms with van der Waals surface area (Å²) < 4.78 is 35.2. The number of methoxy groups -OCH3 is 2. The van der Waals surface area contributed by atoms with Crippen LogP contribution in [0.15, 0.2) is 72.8 Å². The Kier molecular flexibility index (Phi) is 15.3. The van der Waals surface area contributed by atoms with Crippen molar-refractivity contribution < 1.29 is 52.1 Å². The maximum atomic E-state index is 14.3. The SMILES string of the molecule is COC(=O)CC(C(=O)N1CCC[C@H]1C(=O)Cc1ccc([C@@H]2CC[C@@H](c3ccc(CC(=O)[C@@H]4CCCN4C(=O)C(CC(=O)OC)[C@H]4CCOC4)cc3)N2c2ccc(F)cc2)cc1)[C@H]1CCOC1. The highest BCUT2D eigenvalue weighted by Crippen LogP contribution is 2.47. The van der Waals surface area contributed by atoms with Crippen LogP contribution in [0.3, 0.4) is 0 Å². The summed E-state index contributed by atoms with van der Waals surface area (Å²) in [5.74, 6) is -2.97. The fraction of sp³-hybridized carbons (Fsp3) is 0.538. The number of carbonyl (C=O) groups excluding carboxylic acids is 6. The van der Waals surface area contributed by atoms with Crippen molar-refractivity contribution in [2.24, 2.45) is 23.7 Å². The number of amides is 2. The molecule has 5 fully saturated rings. The van der Waals surface area contributed by atoms with E-state index in [2.05, 4.69) is 29.2 Å². The quantitative estimate of drug-likeness (QED) is 0.136. The average Bonchev–Trinajstić information content (AvgIpc) is 4.20. The molecule has 8 rings (SSSR count). The minimum Gasteiger partial charge on any atom is -0.469 e. The van der Waals surface area contributed by atoms with Gasteiger partial charge in [-0.2, -0.15) is 0 Å². The number of likely N-dealkylation sites (tertiary alicyclic amines) is 2. The molecule has 2 amide bonds. The number of anilines is 1. The van der Waals surface area contributed by atoms with Crippen molar-refractivity contribution >= 4 is 41.0 Å². The second kappa shape index (κ2) is 21.4. The lowest BCUT2D eigenvalue weighted by Crippen LogP contribution is -2.46. The van der Waals surface area contributed by atoms with E-state index in [4.69, 9.17) is 18.9 Å². The third kappa shape index (κ3) is 10.5. The Bertz CT molecular complexity index is 2070. The molecule has 13 nitrogen and oxygen atoms in total. The van der Waals surface area contributed by atoms with E-state index in [0.717, 1.165) is 53.6 Å². The van der Waals surface area contributed by atoms with Crippen LogP contribution in [0.2, 0.25) is 0 Å². The number of benzene rings is 3. The number of hydrogen-bond donors (Lipinski definition) is 0. The summed E-state index contributed by atoms with van der Waals surface area (Å²) in [5, 5.41) is 0. The third-order valence-electron chi connectivity index (χ3n) is 14.7. The lowest BCUT2D eigenvalue weighted by atomic mass is 9.87. The molecular weight excluding hydrogens is 846 g/mol. The molecule has 0 aliphatic carbocycles. The van der Waals surface area contributed by atoms with Gasteiger partial charge in [-0.25, -0.2) is 4.39 Å². The standard InChI is InChI=1S/C52H62FN3O10/c1-63-49(59)29-41(37-21-25-65-31-37)51(61)54-23-3-5-45(54)47(57)27-33-7-11-35(12-8-33)43-19-20-44(56(43)40-17-15-39(53)16-18-40)36-13-9-34(10-14-36)28-48(58)46-6-4-24-55(46)52(62)42(30-50(60)64-2)38-22-26-66-32-38/h7-18,37-38,41-46H,3-6,19-32H2,1-2H3/t37-,38-,41?,42?,43-,44-,45-,46-/m0/s1. The zero-order valence-electron chi connectivity index (χ0n) is 38.1. The number of hydrogen-bond acceptors (Lipinski definition) is 11. The second-order valence-electron chi connectivity index (χ2n) is 18.7. The number of esters is 2. The summed E-state index contributed by atoms with van der Waals surface area (Å²) >= 11 is 0. The summed E-state index contributed by atoms with van der Waals surface area (Å²) in [4.78, 5) is 85.8. The Labute approximate surface area is 386 Å². The largest absolute Gasteiger partial charge is 0.469 e. The van der Waals surface area contributed by atoms with Gasteiger partial charge < -0.3 is 33.6 Å². The molecule has 352 valence electrons. The highest BCUT2D eigenvalue weighted by atomic mass is 19.1. The number of carbonyl (C=O) groups is 6. The van der Waals surface area contributed by atoms with Crippen molar-refractivity contribution in [1.82, 2.24) is 9.80 Å². The Morgan fingerprint density at radius 1 is 0.591 bits per heavy atom. The van der Waals surface area contributed by atoms with Gasteiger partial charge in [0.25, 0.3) is 0 Å². The molecule has 3 aromatic carbocycles. The number of Topliss-reactive ketones (excluding diaryl/α,β-unsaturated/α-hetero) is 2. The molecule has 3 aromatic rings. The Balaban J connectivity index is 0.929. The number of halogens is 1. The molecule has 0 aromatic heterocycles. The minimum absolute atomic E-state index is 0.0275. The number of ether oxygens (including phenoxy) is 4. The van der Waals surface area contributed by atoms with Crippen LogP contribution in [0.25, 0.3) is 0 Å². The summed E-state index contributed by atoms with van der Waals surface area (Å²) in [5.41, 5.74) is 4.70. The van der Waals surface area contributed by atoms with Crippen LogP contribution in [-0.4, -0.2) is 111 Å². The first-order valence-electron chi connectivity index (χ1n) is 23.7. The zero-order valence-corrected chi connectivity index (χ0v) is 38.1. The monoisotopic (exact) mass is 907 g/mol. The van der Waals surface area contributed by atoms with E-state index < -0.39 is 35.9 Å². The fourth-order valence-corrected chi connectivity index (χ4v) is 11.1. The van der Waals surface area contributed by atoms with Crippen molar-refractivity contribution in [3.63, 3.8) is 0 Å². The van der Waals surface area contributed by atoms with Crippen LogP contribution in [0.1, 0.15) is 98.5 Å². The molecule has 8 atom stereocenters. The smallest absolute Gasteiger partial charge is 0.306 e. The molecule has 0 radical (unpaired) electrons. The van der Waals surface area contributed by atoms with Gasteiger partial charge in [0, 0.05) is 44.8 Å². The first-order valence-corrected chi connectivity index (χ1v) is 23.7. The first-order chi connectivity index (χ1) is 32.0. The second-order valence-corrected chi connectivity index (χ2v) is 18.7. The summed E-state index contributed by atoms with van der Waals surface area (Å²) in [6, 6.07) is 21.5. The molecule has 5 heterocycles. The normalized spacial score (nSPS) is 24.9. The minimum atomic E-state index is -0.585. The van der Waals surface area contributed by atoms with Gasteiger partial charge in [-0.05, 0) is 110 Å². The van der Waals surface area contributed by atoms with Gasteiger partial charge in [0.2, 0.25) is 11.8 Å². The van der Waals surface area contributed by atoms with Crippen molar-refractivity contribution in [3.05, 3.63) is 101 Å². The Morgan fingerprint density at radius 3 is 1.39 bits per heavy atom. The van der Waals surface area contributed by atoms with E-state index in [9.17, 15) is 33.2 Å². The van der Waals surface area contributed by atoms with Crippen molar-refractivity contribution in [1.29, 1.82) is 0 Å². The van der Waals surface area contributed by atoms with Crippen LogP contribution in [0.4, 0.5) is 10.1 Å². The zero-order chi connectivity index (χ0) is 46.3. The van der Waals surface area contributed by atoms with Gasteiger partial charge in [0.1, 0.15) is 5.82 Å². The number of ketones is 2. The molecule has 14 heteroatoms. The highest BCUT2D eigenvalue weighted by Gasteiger charge is 2.43. The predicted molar refractivity (Wildman–Crippen MR) is 241 cm³/mol. The van der Waals surface area contributed by atoms with Gasteiger partial charge >= 0.3 is 11.9 Å². The van der Waals surface area contributed by atoms with Gasteiger partial charge in [0.15, 0.2) is 11.6 Å². The summed E-state index contributed by atoms with van der Waals surface area (Å²) in [6.07, 6.45) is 5.91. The van der Waals surface area contributed by atoms with Crippen molar-refractivity contribution in [3.8, 4) is 0 Å². The van der Waals surface area contributed by atoms with E-state index in [1.54, 1.807) is 21.9 Å². The molecule has 0 spiro atoms. The van der Waals surface area contributed by atoms with Gasteiger partial charge in [-0.15, -0.1) is 0 Å². The molecule has 66 heavy (non-hydrogen) atoms. The van der Waals surface area contributed by atoms with E-state index in [1.165, 1.54) is 26.4 Å². The Hall–Kier alpha value is -5.47. The van der Waals surface area contributed by atoms with Crippen LogP contribution >= 0.6 is 0 Å². The van der Waals surface area contributed by atoms with Crippen LogP contribution < -0.4 is 4.90 Å². The molecule has 0 N–H and O–H groups in total. The molecule has 2 unspecified atom stereocenters. The van der Waals surface area contributed by atoms with E-state index in [0.29, 0.717) is 65.2 Å². The summed E-state index contributed by atoms with van der Waals surface area (Å²) in [7, 11) is 2.63. The van der Waals surface area contributed by atoms with Gasteiger partial charge in [-0.3, -0.25) is 28.8 Å². The molecule has 0 bridgehead atoms. The lowest BCUT2D eigenvalue weighted by molar-refractivity contribution is -0.149. The molecular formula is C52H62FN3O10. The van der Waals surface area contributed by atoms with Crippen molar-refractivity contribution in [2.75, 3.05) is 58.6 Å². The predicted octanol–water partition coefficient (Wildman–Crippen LogP) is 6.55. The third-order valence-corrected chi connectivity index (χ3v) is 14.7.